The number of aromatic amines is 1. The Hall–Kier alpha value is -1.76. The van der Waals surface area contributed by atoms with Crippen LogP contribution in [0.3, 0.4) is 0 Å². The third kappa shape index (κ3) is 3.83. The van der Waals surface area contributed by atoms with Gasteiger partial charge < -0.3 is 15.0 Å². The van der Waals surface area contributed by atoms with Crippen LogP contribution in [0.2, 0.25) is 0 Å². The number of rotatable bonds is 6. The summed E-state index contributed by atoms with van der Waals surface area (Å²) < 4.78 is 19.3. The molecular weight excluding hydrogens is 309 g/mol. The second-order valence-electron chi connectivity index (χ2n) is 6.16. The molecule has 2 N–H and O–H groups in total. The van der Waals surface area contributed by atoms with E-state index in [-0.39, 0.29) is 10.9 Å². The Kier molecular flexibility index (Phi) is 5.60. The predicted molar refractivity (Wildman–Crippen MR) is 92.7 cm³/mol. The number of nitrogens with one attached hydrogen (secondary N) is 2. The molecule has 0 unspecified atom stereocenters. The maximum absolute atomic E-state index is 13.9. The van der Waals surface area contributed by atoms with E-state index in [9.17, 15) is 9.18 Å². The number of benzene rings is 1. The highest BCUT2D eigenvalue weighted by molar-refractivity contribution is 5.78. The number of aromatic nitrogens is 1. The molecule has 0 spiro atoms. The van der Waals surface area contributed by atoms with E-state index in [0.29, 0.717) is 23.7 Å². The summed E-state index contributed by atoms with van der Waals surface area (Å²) in [6, 6.07) is 6.54. The summed E-state index contributed by atoms with van der Waals surface area (Å²) in [5, 5.41) is 3.77. The lowest BCUT2D eigenvalue weighted by molar-refractivity contribution is 0.0158. The maximum atomic E-state index is 13.9. The van der Waals surface area contributed by atoms with E-state index in [1.54, 1.807) is 18.2 Å². The Balaban J connectivity index is 1.65. The number of hydrogen-bond acceptors (Lipinski definition) is 4. The molecule has 5 nitrogen and oxygen atoms in total. The van der Waals surface area contributed by atoms with Gasteiger partial charge in [-0.25, -0.2) is 4.39 Å². The summed E-state index contributed by atoms with van der Waals surface area (Å²) in [5.41, 5.74) is 0.830. The van der Waals surface area contributed by atoms with Crippen molar-refractivity contribution in [3.63, 3.8) is 0 Å². The molecule has 1 aromatic heterocycles. The average Bonchev–Trinajstić information content (AvgIpc) is 2.60. The van der Waals surface area contributed by atoms with Crippen molar-refractivity contribution in [2.75, 3.05) is 32.8 Å². The Bertz CT molecular complexity index is 741. The zero-order valence-electron chi connectivity index (χ0n) is 14.0. The molecule has 130 valence electrons. The van der Waals surface area contributed by atoms with Gasteiger partial charge >= 0.3 is 0 Å². The molecular formula is C18H24FN3O2. The lowest BCUT2D eigenvalue weighted by Crippen LogP contribution is -2.47. The van der Waals surface area contributed by atoms with Gasteiger partial charge in [-0.1, -0.05) is 13.0 Å². The number of morpholine rings is 1. The van der Waals surface area contributed by atoms with Crippen LogP contribution in [0.4, 0.5) is 4.39 Å². The molecule has 0 bridgehead atoms. The molecule has 1 aliphatic heterocycles. The van der Waals surface area contributed by atoms with Crippen LogP contribution in [-0.2, 0) is 11.3 Å². The van der Waals surface area contributed by atoms with Gasteiger partial charge in [-0.15, -0.1) is 0 Å². The zero-order valence-corrected chi connectivity index (χ0v) is 14.0. The fourth-order valence-corrected chi connectivity index (χ4v) is 3.23. The summed E-state index contributed by atoms with van der Waals surface area (Å²) in [6.07, 6.45) is 1.05. The number of H-pyrrole nitrogens is 1. The molecule has 2 aromatic rings. The molecule has 0 saturated carbocycles. The monoisotopic (exact) mass is 333 g/mol. The first-order chi connectivity index (χ1) is 11.7. The van der Waals surface area contributed by atoms with Gasteiger partial charge in [-0.3, -0.25) is 9.69 Å². The molecule has 3 rings (SSSR count). The highest BCUT2D eigenvalue weighted by Crippen LogP contribution is 2.12. The van der Waals surface area contributed by atoms with E-state index >= 15 is 0 Å². The van der Waals surface area contributed by atoms with Gasteiger partial charge in [0.2, 0.25) is 0 Å². The topological polar surface area (TPSA) is 57.4 Å². The van der Waals surface area contributed by atoms with Crippen molar-refractivity contribution in [3.8, 4) is 0 Å². The molecule has 1 aromatic carbocycles. The van der Waals surface area contributed by atoms with Crippen molar-refractivity contribution in [1.29, 1.82) is 0 Å². The number of nitrogens with zero attached hydrogens (tertiary/aromatic N) is 1. The summed E-state index contributed by atoms with van der Waals surface area (Å²) in [7, 11) is 0. The van der Waals surface area contributed by atoms with E-state index in [0.717, 1.165) is 39.3 Å². The Labute approximate surface area is 140 Å². The number of hydrogen-bond donors (Lipinski definition) is 2. The van der Waals surface area contributed by atoms with Crippen molar-refractivity contribution < 1.29 is 9.13 Å². The third-order valence-electron chi connectivity index (χ3n) is 4.60. The number of pyridine rings is 1. The van der Waals surface area contributed by atoms with Gasteiger partial charge in [0.15, 0.2) is 5.43 Å². The summed E-state index contributed by atoms with van der Waals surface area (Å²) in [5.74, 6) is -0.397. The van der Waals surface area contributed by atoms with Crippen LogP contribution in [0.1, 0.15) is 19.0 Å². The molecule has 6 heteroatoms. The van der Waals surface area contributed by atoms with E-state index in [4.69, 9.17) is 4.74 Å². The molecule has 1 aliphatic rings. The van der Waals surface area contributed by atoms with Crippen molar-refractivity contribution >= 4 is 10.9 Å². The first-order valence-electron chi connectivity index (χ1n) is 8.52. The molecule has 1 saturated heterocycles. The fourth-order valence-electron chi connectivity index (χ4n) is 3.23. The average molecular weight is 333 g/mol. The van der Waals surface area contributed by atoms with Crippen molar-refractivity contribution in [2.45, 2.75) is 25.9 Å². The molecule has 0 radical (unpaired) electrons. The predicted octanol–water partition coefficient (Wildman–Crippen LogP) is 1.87. The van der Waals surface area contributed by atoms with Crippen molar-refractivity contribution in [3.05, 3.63) is 46.0 Å². The Morgan fingerprint density at radius 1 is 1.38 bits per heavy atom. The molecule has 24 heavy (non-hydrogen) atoms. The second-order valence-corrected chi connectivity index (χ2v) is 6.16. The van der Waals surface area contributed by atoms with Gasteiger partial charge in [0, 0.05) is 49.4 Å². The normalized spacial score (nSPS) is 17.2. The van der Waals surface area contributed by atoms with Gasteiger partial charge in [0.05, 0.1) is 18.7 Å². The molecule has 0 amide bonds. The maximum Gasteiger partial charge on any atom is 0.189 e. The highest BCUT2D eigenvalue weighted by Gasteiger charge is 2.19. The number of ether oxygens (including phenoxy) is 1. The first kappa shape index (κ1) is 17.1. The summed E-state index contributed by atoms with van der Waals surface area (Å²) in [4.78, 5) is 17.6. The van der Waals surface area contributed by atoms with Gasteiger partial charge in [-0.05, 0) is 18.6 Å². The summed E-state index contributed by atoms with van der Waals surface area (Å²) in [6.45, 7) is 7.00. The van der Waals surface area contributed by atoms with E-state index in [1.807, 2.05) is 0 Å². The minimum atomic E-state index is -0.397. The Morgan fingerprint density at radius 3 is 2.92 bits per heavy atom. The standard InChI is InChI=1S/C18H24FN3O2/c1-2-14(22-6-8-24-9-7-22)12-20-11-13-10-17(23)15-4-3-5-16(19)18(15)21-13/h3-5,10,14,20H,2,6-9,11-12H2,1H3,(H,21,23)/t14-/m1/s1. The van der Waals surface area contributed by atoms with Gasteiger partial charge in [0.25, 0.3) is 0 Å². The van der Waals surface area contributed by atoms with Crippen LogP contribution in [0.15, 0.2) is 29.1 Å². The van der Waals surface area contributed by atoms with Crippen LogP contribution in [-0.4, -0.2) is 48.8 Å². The summed E-state index contributed by atoms with van der Waals surface area (Å²) >= 11 is 0. The second kappa shape index (κ2) is 7.88. The number of halogens is 1. The minimum Gasteiger partial charge on any atom is -0.379 e. The molecule has 1 fully saturated rings. The molecule has 0 aliphatic carbocycles. The smallest absolute Gasteiger partial charge is 0.189 e. The van der Waals surface area contributed by atoms with Crippen LogP contribution in [0.25, 0.3) is 10.9 Å². The van der Waals surface area contributed by atoms with Crippen LogP contribution in [0, 0.1) is 5.82 Å². The number of para-hydroxylation sites is 1. The minimum absolute atomic E-state index is 0.153. The SMILES string of the molecule is CC[C@H](CNCc1cc(=O)c2cccc(F)c2[nH]1)N1CCOCC1. The van der Waals surface area contributed by atoms with Crippen LogP contribution < -0.4 is 10.7 Å². The largest absolute Gasteiger partial charge is 0.379 e. The third-order valence-corrected chi connectivity index (χ3v) is 4.60. The van der Waals surface area contributed by atoms with Crippen LogP contribution in [0.5, 0.6) is 0 Å². The highest BCUT2D eigenvalue weighted by atomic mass is 19.1. The quantitative estimate of drug-likeness (QED) is 0.847. The zero-order chi connectivity index (χ0) is 16.9. The van der Waals surface area contributed by atoms with Crippen molar-refractivity contribution in [1.82, 2.24) is 15.2 Å². The number of fused-ring (bicyclic) bond motifs is 1. The fraction of sp³-hybridized carbons (Fsp3) is 0.500. The molecule has 2 heterocycles. The van der Waals surface area contributed by atoms with E-state index in [1.165, 1.54) is 6.07 Å². The van der Waals surface area contributed by atoms with Gasteiger partial charge in [0.1, 0.15) is 5.82 Å². The first-order valence-corrected chi connectivity index (χ1v) is 8.52. The van der Waals surface area contributed by atoms with Crippen molar-refractivity contribution in [2.24, 2.45) is 0 Å². The van der Waals surface area contributed by atoms with Crippen LogP contribution >= 0.6 is 0 Å². The lowest BCUT2D eigenvalue weighted by atomic mass is 10.1. The van der Waals surface area contributed by atoms with Gasteiger partial charge in [-0.2, -0.15) is 0 Å². The van der Waals surface area contributed by atoms with E-state index in [2.05, 4.69) is 22.1 Å². The lowest BCUT2D eigenvalue weighted by Gasteiger charge is -2.34. The van der Waals surface area contributed by atoms with E-state index < -0.39 is 5.82 Å². The molecule has 1 atom stereocenters. The Morgan fingerprint density at radius 2 is 2.17 bits per heavy atom.